The first-order valence-corrected chi connectivity index (χ1v) is 9.42. The molecule has 7 heteroatoms. The molecule has 0 fully saturated rings. The fraction of sp³-hybridized carbons (Fsp3) is 0.562. The summed E-state index contributed by atoms with van der Waals surface area (Å²) in [6.07, 6.45) is 0.878. The van der Waals surface area contributed by atoms with E-state index in [0.717, 1.165) is 6.42 Å². The van der Waals surface area contributed by atoms with Gasteiger partial charge in [-0.1, -0.05) is 26.8 Å². The Kier molecular flexibility index (Phi) is 7.51. The lowest BCUT2D eigenvalue weighted by atomic mass is 10.2. The van der Waals surface area contributed by atoms with E-state index in [4.69, 9.17) is 0 Å². The zero-order valence-corrected chi connectivity index (χ0v) is 15.2. The van der Waals surface area contributed by atoms with Crippen LogP contribution in [-0.4, -0.2) is 44.8 Å². The van der Waals surface area contributed by atoms with Gasteiger partial charge in [0.1, 0.15) is 0 Å². The van der Waals surface area contributed by atoms with E-state index in [-0.39, 0.29) is 17.3 Å². The van der Waals surface area contributed by atoms with Crippen LogP contribution in [0.3, 0.4) is 0 Å². The van der Waals surface area contributed by atoms with Crippen molar-refractivity contribution in [1.82, 2.24) is 9.62 Å². The number of carbonyl (C=O) groups is 1. The van der Waals surface area contributed by atoms with E-state index in [0.29, 0.717) is 30.9 Å². The quantitative estimate of drug-likeness (QED) is 0.720. The predicted octanol–water partition coefficient (Wildman–Crippen LogP) is 1.96. The Morgan fingerprint density at radius 3 is 2.39 bits per heavy atom. The highest BCUT2D eigenvalue weighted by molar-refractivity contribution is 7.89. The Hall–Kier alpha value is -1.60. The average molecular weight is 341 g/mol. The Morgan fingerprint density at radius 2 is 1.83 bits per heavy atom. The molecule has 1 amide bonds. The zero-order chi connectivity index (χ0) is 17.5. The molecule has 0 saturated carbocycles. The van der Waals surface area contributed by atoms with Crippen molar-refractivity contribution in [1.29, 1.82) is 0 Å². The van der Waals surface area contributed by atoms with Crippen LogP contribution in [0.25, 0.3) is 0 Å². The maximum absolute atomic E-state index is 12.7. The molecule has 23 heavy (non-hydrogen) atoms. The van der Waals surface area contributed by atoms with Crippen molar-refractivity contribution in [2.45, 2.75) is 39.0 Å². The normalized spacial score (nSPS) is 11.5. The third-order valence-electron chi connectivity index (χ3n) is 3.54. The number of nitrogens with one attached hydrogen (secondary N) is 2. The second-order valence-electron chi connectivity index (χ2n) is 5.27. The van der Waals surface area contributed by atoms with Gasteiger partial charge in [-0.2, -0.15) is 4.31 Å². The fourth-order valence-electron chi connectivity index (χ4n) is 2.20. The molecule has 0 aliphatic heterocycles. The minimum absolute atomic E-state index is 0.111. The molecule has 0 heterocycles. The maximum Gasteiger partial charge on any atom is 0.243 e. The van der Waals surface area contributed by atoms with E-state index in [1.165, 1.54) is 4.31 Å². The van der Waals surface area contributed by atoms with Crippen molar-refractivity contribution in [2.24, 2.45) is 0 Å². The van der Waals surface area contributed by atoms with Crippen LogP contribution in [0.2, 0.25) is 0 Å². The van der Waals surface area contributed by atoms with Crippen LogP contribution in [0.4, 0.5) is 5.69 Å². The van der Waals surface area contributed by atoms with Gasteiger partial charge in [-0.15, -0.1) is 0 Å². The number of aryl methyl sites for hydroxylation is 1. The van der Waals surface area contributed by atoms with E-state index in [1.807, 2.05) is 20.8 Å². The Balaban J connectivity index is 2.94. The molecule has 0 bridgehead atoms. The minimum Gasteiger partial charge on any atom is -0.376 e. The lowest BCUT2D eigenvalue weighted by Crippen LogP contribution is -2.31. The summed E-state index contributed by atoms with van der Waals surface area (Å²) < 4.78 is 26.8. The largest absolute Gasteiger partial charge is 0.376 e. The molecule has 6 nitrogen and oxygen atoms in total. The molecule has 1 aromatic rings. The fourth-order valence-corrected chi connectivity index (χ4v) is 3.91. The van der Waals surface area contributed by atoms with E-state index < -0.39 is 10.0 Å². The van der Waals surface area contributed by atoms with Gasteiger partial charge in [0.2, 0.25) is 15.9 Å². The molecule has 1 rings (SSSR count). The molecule has 1 aromatic carbocycles. The highest BCUT2D eigenvalue weighted by Gasteiger charge is 2.23. The van der Waals surface area contributed by atoms with Crippen molar-refractivity contribution in [3.63, 3.8) is 0 Å². The molecule has 0 atom stereocenters. The Labute approximate surface area is 139 Å². The van der Waals surface area contributed by atoms with Crippen LogP contribution in [0, 0.1) is 6.92 Å². The van der Waals surface area contributed by atoms with Crippen molar-refractivity contribution in [3.8, 4) is 0 Å². The number of amides is 1. The molecule has 0 radical (unpaired) electrons. The third-order valence-corrected chi connectivity index (χ3v) is 5.73. The van der Waals surface area contributed by atoms with Crippen molar-refractivity contribution < 1.29 is 13.2 Å². The Bertz CT molecular complexity index is 625. The van der Waals surface area contributed by atoms with Crippen LogP contribution in [-0.2, 0) is 14.8 Å². The van der Waals surface area contributed by atoms with Gasteiger partial charge in [-0.25, -0.2) is 8.42 Å². The number of hydrogen-bond acceptors (Lipinski definition) is 4. The van der Waals surface area contributed by atoms with Crippen molar-refractivity contribution in [3.05, 3.63) is 23.8 Å². The first-order chi connectivity index (χ1) is 10.9. The van der Waals surface area contributed by atoms with E-state index in [2.05, 4.69) is 10.6 Å². The van der Waals surface area contributed by atoms with Gasteiger partial charge in [0, 0.05) is 25.3 Å². The van der Waals surface area contributed by atoms with E-state index >= 15 is 0 Å². The van der Waals surface area contributed by atoms with Gasteiger partial charge >= 0.3 is 0 Å². The molecular formula is C16H27N3O3S. The molecule has 0 aliphatic carbocycles. The molecule has 0 unspecified atom stereocenters. The second-order valence-corrected chi connectivity index (χ2v) is 7.18. The van der Waals surface area contributed by atoms with Gasteiger partial charge in [-0.3, -0.25) is 4.79 Å². The predicted molar refractivity (Wildman–Crippen MR) is 93.1 cm³/mol. The molecule has 130 valence electrons. The minimum atomic E-state index is -3.51. The van der Waals surface area contributed by atoms with Crippen LogP contribution < -0.4 is 10.6 Å². The lowest BCUT2D eigenvalue weighted by molar-refractivity contribution is -0.119. The highest BCUT2D eigenvalue weighted by atomic mass is 32.2. The SMILES string of the molecule is CCCNC(=O)CNc1ccc(C)c(S(=O)(=O)N(CC)CC)c1. The summed E-state index contributed by atoms with van der Waals surface area (Å²) in [5.41, 5.74) is 1.31. The summed E-state index contributed by atoms with van der Waals surface area (Å²) in [6.45, 7) is 8.99. The second kappa shape index (κ2) is 8.88. The van der Waals surface area contributed by atoms with Crippen molar-refractivity contribution >= 4 is 21.6 Å². The summed E-state index contributed by atoms with van der Waals surface area (Å²) >= 11 is 0. The third kappa shape index (κ3) is 5.21. The maximum atomic E-state index is 12.7. The first-order valence-electron chi connectivity index (χ1n) is 7.98. The topological polar surface area (TPSA) is 78.5 Å². The molecular weight excluding hydrogens is 314 g/mol. The molecule has 2 N–H and O–H groups in total. The summed E-state index contributed by atoms with van der Waals surface area (Å²) in [6, 6.07) is 5.13. The van der Waals surface area contributed by atoms with Crippen molar-refractivity contribution in [2.75, 3.05) is 31.5 Å². The molecule has 0 saturated heterocycles. The van der Waals surface area contributed by atoms with E-state index in [1.54, 1.807) is 25.1 Å². The van der Waals surface area contributed by atoms with Gasteiger partial charge in [0.15, 0.2) is 0 Å². The number of hydrogen-bond donors (Lipinski definition) is 2. The average Bonchev–Trinajstić information content (AvgIpc) is 2.52. The van der Waals surface area contributed by atoms with Crippen LogP contribution in [0.15, 0.2) is 23.1 Å². The number of carbonyl (C=O) groups excluding carboxylic acids is 1. The number of benzene rings is 1. The zero-order valence-electron chi connectivity index (χ0n) is 14.3. The van der Waals surface area contributed by atoms with Crippen LogP contribution >= 0.6 is 0 Å². The highest BCUT2D eigenvalue weighted by Crippen LogP contribution is 2.23. The number of nitrogens with zero attached hydrogens (tertiary/aromatic N) is 1. The first kappa shape index (κ1) is 19.4. The summed E-state index contributed by atoms with van der Waals surface area (Å²) in [4.78, 5) is 11.9. The monoisotopic (exact) mass is 341 g/mol. The number of sulfonamides is 1. The molecule has 0 spiro atoms. The van der Waals surface area contributed by atoms with Gasteiger partial charge in [-0.05, 0) is 31.0 Å². The summed E-state index contributed by atoms with van der Waals surface area (Å²) in [7, 11) is -3.51. The molecule has 0 aliphatic rings. The summed E-state index contributed by atoms with van der Waals surface area (Å²) in [5.74, 6) is -0.111. The smallest absolute Gasteiger partial charge is 0.243 e. The van der Waals surface area contributed by atoms with Gasteiger partial charge in [0.05, 0.1) is 11.4 Å². The van der Waals surface area contributed by atoms with Crippen LogP contribution in [0.5, 0.6) is 0 Å². The molecule has 0 aromatic heterocycles. The Morgan fingerprint density at radius 1 is 1.17 bits per heavy atom. The van der Waals surface area contributed by atoms with Crippen LogP contribution in [0.1, 0.15) is 32.8 Å². The number of rotatable bonds is 9. The van der Waals surface area contributed by atoms with Gasteiger partial charge in [0.25, 0.3) is 0 Å². The van der Waals surface area contributed by atoms with E-state index in [9.17, 15) is 13.2 Å². The lowest BCUT2D eigenvalue weighted by Gasteiger charge is -2.20. The summed E-state index contributed by atoms with van der Waals surface area (Å²) in [5, 5.41) is 5.74. The standard InChI is InChI=1S/C16H27N3O3S/c1-5-10-17-16(20)12-18-14-9-8-13(4)15(11-14)23(21,22)19(6-2)7-3/h8-9,11,18H,5-7,10,12H2,1-4H3,(H,17,20). The number of anilines is 1. The van der Waals surface area contributed by atoms with Gasteiger partial charge < -0.3 is 10.6 Å².